The number of nitrogens with one attached hydrogen (secondary N) is 1. The van der Waals surface area contributed by atoms with E-state index < -0.39 is 0 Å². The molecule has 3 nitrogen and oxygen atoms in total. The van der Waals surface area contributed by atoms with E-state index in [1.807, 2.05) is 31.2 Å². The minimum atomic E-state index is 0.356. The lowest BCUT2D eigenvalue weighted by molar-refractivity contribution is 0.340. The highest BCUT2D eigenvalue weighted by Crippen LogP contribution is 2.15. The van der Waals surface area contributed by atoms with Gasteiger partial charge in [-0.25, -0.2) is 0 Å². The van der Waals surface area contributed by atoms with Gasteiger partial charge in [0, 0.05) is 5.69 Å². The molecule has 1 aromatic carbocycles. The number of rotatable bonds is 3. The quantitative estimate of drug-likeness (QED) is 0.778. The Morgan fingerprint density at radius 2 is 2.00 bits per heavy atom. The molecule has 0 atom stereocenters. The largest absolute Gasteiger partial charge is 0.494 e. The molecule has 4 heteroatoms. The van der Waals surface area contributed by atoms with Crippen LogP contribution in [-0.4, -0.2) is 18.9 Å². The molecule has 0 radical (unpaired) electrons. The molecule has 0 aromatic heterocycles. The average Bonchev–Trinajstić information content (AvgIpc) is 2.21. The van der Waals surface area contributed by atoms with Crippen LogP contribution in [-0.2, 0) is 4.74 Å². The summed E-state index contributed by atoms with van der Waals surface area (Å²) in [6.07, 6.45) is 0. The normalized spacial score (nSPS) is 9.29. The minimum Gasteiger partial charge on any atom is -0.494 e. The van der Waals surface area contributed by atoms with Crippen molar-refractivity contribution in [2.75, 3.05) is 19.0 Å². The zero-order chi connectivity index (χ0) is 10.4. The van der Waals surface area contributed by atoms with Crippen LogP contribution >= 0.6 is 12.2 Å². The molecule has 1 aromatic rings. The van der Waals surface area contributed by atoms with Crippen molar-refractivity contribution >= 4 is 23.1 Å². The maximum atomic E-state index is 5.30. The van der Waals surface area contributed by atoms with Crippen molar-refractivity contribution in [1.29, 1.82) is 0 Å². The van der Waals surface area contributed by atoms with Gasteiger partial charge in [0.05, 0.1) is 13.7 Å². The van der Waals surface area contributed by atoms with E-state index in [1.165, 1.54) is 7.11 Å². The second-order valence-corrected chi connectivity index (χ2v) is 2.94. The molecule has 0 saturated heterocycles. The fraction of sp³-hybridized carbons (Fsp3) is 0.300. The molecule has 1 rings (SSSR count). The first kappa shape index (κ1) is 10.8. The first-order valence-electron chi connectivity index (χ1n) is 4.34. The summed E-state index contributed by atoms with van der Waals surface area (Å²) in [4.78, 5) is 0. The maximum absolute atomic E-state index is 5.30. The molecule has 0 unspecified atom stereocenters. The molecule has 0 saturated carbocycles. The first-order chi connectivity index (χ1) is 6.76. The van der Waals surface area contributed by atoms with E-state index in [2.05, 4.69) is 5.32 Å². The maximum Gasteiger partial charge on any atom is 0.260 e. The Bertz CT molecular complexity index is 297. The standard InChI is InChI=1S/C10H13NO2S/c1-3-13-9-6-4-8(5-7-9)11-10(14)12-2/h4-7H,3H2,1-2H3,(H,11,14). The predicted molar refractivity (Wildman–Crippen MR) is 60.8 cm³/mol. The number of hydrogen-bond donors (Lipinski definition) is 1. The highest BCUT2D eigenvalue weighted by molar-refractivity contribution is 7.80. The molecular weight excluding hydrogens is 198 g/mol. The minimum absolute atomic E-state index is 0.356. The summed E-state index contributed by atoms with van der Waals surface area (Å²) >= 11 is 4.86. The van der Waals surface area contributed by atoms with E-state index in [0.717, 1.165) is 11.4 Å². The lowest BCUT2D eigenvalue weighted by Crippen LogP contribution is -2.10. The fourth-order valence-corrected chi connectivity index (χ4v) is 1.09. The fourth-order valence-electron chi connectivity index (χ4n) is 0.970. The first-order valence-corrected chi connectivity index (χ1v) is 4.75. The van der Waals surface area contributed by atoms with Gasteiger partial charge in [-0.2, -0.15) is 0 Å². The van der Waals surface area contributed by atoms with Gasteiger partial charge in [-0.05, 0) is 43.4 Å². The zero-order valence-electron chi connectivity index (χ0n) is 8.24. The van der Waals surface area contributed by atoms with Crippen molar-refractivity contribution in [2.24, 2.45) is 0 Å². The Kier molecular flexibility index (Phi) is 4.19. The third-order valence-electron chi connectivity index (χ3n) is 1.60. The Morgan fingerprint density at radius 1 is 1.36 bits per heavy atom. The third-order valence-corrected chi connectivity index (χ3v) is 1.87. The van der Waals surface area contributed by atoms with E-state index in [9.17, 15) is 0 Å². The Balaban J connectivity index is 2.59. The summed E-state index contributed by atoms with van der Waals surface area (Å²) < 4.78 is 10.1. The zero-order valence-corrected chi connectivity index (χ0v) is 9.06. The van der Waals surface area contributed by atoms with Crippen molar-refractivity contribution < 1.29 is 9.47 Å². The van der Waals surface area contributed by atoms with Crippen LogP contribution in [0.3, 0.4) is 0 Å². The number of hydrogen-bond acceptors (Lipinski definition) is 3. The van der Waals surface area contributed by atoms with Crippen LogP contribution in [0.15, 0.2) is 24.3 Å². The third kappa shape index (κ3) is 3.22. The molecule has 0 fully saturated rings. The molecule has 0 spiro atoms. The van der Waals surface area contributed by atoms with Gasteiger partial charge in [-0.1, -0.05) is 0 Å². The van der Waals surface area contributed by atoms with Crippen molar-refractivity contribution in [3.05, 3.63) is 24.3 Å². The summed E-state index contributed by atoms with van der Waals surface area (Å²) in [6, 6.07) is 7.53. The van der Waals surface area contributed by atoms with E-state index in [-0.39, 0.29) is 0 Å². The van der Waals surface area contributed by atoms with Gasteiger partial charge in [0.25, 0.3) is 5.17 Å². The van der Waals surface area contributed by atoms with Crippen molar-refractivity contribution in [3.8, 4) is 5.75 Å². The van der Waals surface area contributed by atoms with Crippen LogP contribution in [0.5, 0.6) is 5.75 Å². The van der Waals surface area contributed by atoms with Crippen LogP contribution in [0.2, 0.25) is 0 Å². The number of methoxy groups -OCH3 is 1. The van der Waals surface area contributed by atoms with Crippen molar-refractivity contribution in [1.82, 2.24) is 0 Å². The van der Waals surface area contributed by atoms with Crippen LogP contribution in [0.4, 0.5) is 5.69 Å². The van der Waals surface area contributed by atoms with E-state index in [4.69, 9.17) is 21.7 Å². The predicted octanol–water partition coefficient (Wildman–Crippen LogP) is 2.43. The van der Waals surface area contributed by atoms with Crippen LogP contribution in [0.25, 0.3) is 0 Å². The summed E-state index contributed by atoms with van der Waals surface area (Å²) in [5.41, 5.74) is 0.889. The van der Waals surface area contributed by atoms with E-state index >= 15 is 0 Å². The van der Waals surface area contributed by atoms with Gasteiger partial charge in [0.1, 0.15) is 5.75 Å². The van der Waals surface area contributed by atoms with E-state index in [1.54, 1.807) is 0 Å². The lowest BCUT2D eigenvalue weighted by atomic mass is 10.3. The van der Waals surface area contributed by atoms with Crippen molar-refractivity contribution in [3.63, 3.8) is 0 Å². The van der Waals surface area contributed by atoms with Crippen LogP contribution < -0.4 is 10.1 Å². The van der Waals surface area contributed by atoms with Gasteiger partial charge in [0.2, 0.25) is 0 Å². The van der Waals surface area contributed by atoms with Gasteiger partial charge < -0.3 is 14.8 Å². The highest BCUT2D eigenvalue weighted by Gasteiger charge is 1.96. The Morgan fingerprint density at radius 3 is 2.50 bits per heavy atom. The molecule has 0 amide bonds. The monoisotopic (exact) mass is 211 g/mol. The van der Waals surface area contributed by atoms with E-state index in [0.29, 0.717) is 11.8 Å². The molecule has 0 aliphatic carbocycles. The Labute approximate surface area is 89.0 Å². The summed E-state index contributed by atoms with van der Waals surface area (Å²) in [6.45, 7) is 2.62. The van der Waals surface area contributed by atoms with Gasteiger partial charge in [-0.15, -0.1) is 0 Å². The number of benzene rings is 1. The molecule has 0 aliphatic rings. The lowest BCUT2D eigenvalue weighted by Gasteiger charge is -2.07. The molecule has 0 heterocycles. The summed E-state index contributed by atoms with van der Waals surface area (Å²) in [5, 5.41) is 3.27. The Hall–Kier alpha value is -1.29. The molecular formula is C10H13NO2S. The molecule has 76 valence electrons. The highest BCUT2D eigenvalue weighted by atomic mass is 32.1. The summed E-state index contributed by atoms with van der Waals surface area (Å²) in [7, 11) is 1.53. The molecule has 0 bridgehead atoms. The molecule has 0 aliphatic heterocycles. The number of ether oxygens (including phenoxy) is 2. The van der Waals surface area contributed by atoms with Gasteiger partial charge in [0.15, 0.2) is 0 Å². The average molecular weight is 211 g/mol. The topological polar surface area (TPSA) is 30.5 Å². The SMILES string of the molecule is CCOc1ccc(NC(=S)OC)cc1. The molecule has 1 N–H and O–H groups in total. The van der Waals surface area contributed by atoms with Crippen LogP contribution in [0, 0.1) is 0 Å². The van der Waals surface area contributed by atoms with Gasteiger partial charge in [-0.3, -0.25) is 0 Å². The smallest absolute Gasteiger partial charge is 0.260 e. The number of anilines is 1. The van der Waals surface area contributed by atoms with Crippen LogP contribution in [0.1, 0.15) is 6.92 Å². The second-order valence-electron chi connectivity index (χ2n) is 2.57. The number of thiocarbonyl (C=S) groups is 1. The second kappa shape index (κ2) is 5.44. The van der Waals surface area contributed by atoms with Crippen molar-refractivity contribution in [2.45, 2.75) is 6.92 Å². The summed E-state index contributed by atoms with van der Waals surface area (Å²) in [5.74, 6) is 0.849. The molecule has 14 heavy (non-hydrogen) atoms. The van der Waals surface area contributed by atoms with Gasteiger partial charge >= 0.3 is 0 Å².